The van der Waals surface area contributed by atoms with Gasteiger partial charge in [-0.3, -0.25) is 4.79 Å². The van der Waals surface area contributed by atoms with Crippen LogP contribution >= 0.6 is 22.9 Å². The van der Waals surface area contributed by atoms with Crippen molar-refractivity contribution >= 4 is 28.8 Å². The van der Waals surface area contributed by atoms with E-state index >= 15 is 0 Å². The van der Waals surface area contributed by atoms with Crippen LogP contribution in [-0.2, 0) is 0 Å². The molecule has 0 spiro atoms. The molecule has 0 saturated heterocycles. The molecule has 1 amide bonds. The lowest BCUT2D eigenvalue weighted by atomic mass is 10.0. The lowest BCUT2D eigenvalue weighted by Crippen LogP contribution is -2.37. The molecule has 1 N–H and O–H groups in total. The first-order chi connectivity index (χ1) is 7.54. The van der Waals surface area contributed by atoms with Crippen LogP contribution in [0.25, 0.3) is 0 Å². The fourth-order valence-corrected chi connectivity index (χ4v) is 2.62. The number of hydrogen-bond acceptors (Lipinski definition) is 2. The van der Waals surface area contributed by atoms with Crippen molar-refractivity contribution in [3.63, 3.8) is 0 Å². The summed E-state index contributed by atoms with van der Waals surface area (Å²) in [5.41, 5.74) is 1.80. The normalized spacial score (nSPS) is 12.8. The van der Waals surface area contributed by atoms with Crippen molar-refractivity contribution in [2.45, 2.75) is 33.2 Å². The highest BCUT2D eigenvalue weighted by Crippen LogP contribution is 2.14. The van der Waals surface area contributed by atoms with Crippen LogP contribution in [0.3, 0.4) is 0 Å². The fourth-order valence-electron chi connectivity index (χ4n) is 1.59. The first-order valence-electron chi connectivity index (χ1n) is 5.44. The molecule has 0 radical (unpaired) electrons. The van der Waals surface area contributed by atoms with Gasteiger partial charge in [0.05, 0.1) is 5.56 Å². The number of carbonyl (C=O) groups excluding carboxylic acids is 1. The van der Waals surface area contributed by atoms with Gasteiger partial charge in [-0.1, -0.05) is 13.8 Å². The van der Waals surface area contributed by atoms with Crippen LogP contribution in [-0.4, -0.2) is 17.8 Å². The SMILES string of the molecule is Cc1cscc1C(=O)NC(CCl)CC(C)C. The van der Waals surface area contributed by atoms with E-state index in [0.717, 1.165) is 17.5 Å². The van der Waals surface area contributed by atoms with Gasteiger partial charge in [-0.05, 0) is 30.2 Å². The zero-order valence-electron chi connectivity index (χ0n) is 9.92. The molecule has 16 heavy (non-hydrogen) atoms. The quantitative estimate of drug-likeness (QED) is 0.807. The van der Waals surface area contributed by atoms with E-state index in [9.17, 15) is 4.79 Å². The lowest BCUT2D eigenvalue weighted by Gasteiger charge is -2.17. The number of hydrogen-bond donors (Lipinski definition) is 1. The minimum absolute atomic E-state index is 0.00921. The van der Waals surface area contributed by atoms with Gasteiger partial charge in [0.2, 0.25) is 0 Å². The molecular formula is C12H18ClNOS. The summed E-state index contributed by atoms with van der Waals surface area (Å²) in [5.74, 6) is 0.991. The van der Waals surface area contributed by atoms with Crippen LogP contribution in [0.15, 0.2) is 10.8 Å². The second-order valence-electron chi connectivity index (χ2n) is 4.42. The van der Waals surface area contributed by atoms with E-state index in [1.165, 1.54) is 0 Å². The molecule has 90 valence electrons. The number of halogens is 1. The second-order valence-corrected chi connectivity index (χ2v) is 5.47. The van der Waals surface area contributed by atoms with E-state index in [4.69, 9.17) is 11.6 Å². The van der Waals surface area contributed by atoms with E-state index in [1.807, 2.05) is 17.7 Å². The zero-order chi connectivity index (χ0) is 12.1. The van der Waals surface area contributed by atoms with Gasteiger partial charge in [0.25, 0.3) is 5.91 Å². The van der Waals surface area contributed by atoms with Gasteiger partial charge in [0, 0.05) is 17.3 Å². The number of alkyl halides is 1. The minimum Gasteiger partial charge on any atom is -0.348 e. The maximum atomic E-state index is 11.9. The zero-order valence-corrected chi connectivity index (χ0v) is 11.5. The topological polar surface area (TPSA) is 29.1 Å². The first kappa shape index (κ1) is 13.5. The maximum absolute atomic E-state index is 11.9. The van der Waals surface area contributed by atoms with Crippen LogP contribution in [0.5, 0.6) is 0 Å². The van der Waals surface area contributed by atoms with E-state index in [0.29, 0.717) is 11.8 Å². The highest BCUT2D eigenvalue weighted by atomic mass is 35.5. The molecule has 1 unspecified atom stereocenters. The Labute approximate surface area is 106 Å². The molecule has 0 aromatic carbocycles. The Morgan fingerprint density at radius 3 is 2.62 bits per heavy atom. The van der Waals surface area contributed by atoms with Crippen molar-refractivity contribution in [2.24, 2.45) is 5.92 Å². The summed E-state index contributed by atoms with van der Waals surface area (Å²) in [6, 6.07) is 0.0634. The molecule has 0 aliphatic heterocycles. The summed E-state index contributed by atoms with van der Waals surface area (Å²) in [6.45, 7) is 6.20. The van der Waals surface area contributed by atoms with Gasteiger partial charge < -0.3 is 5.32 Å². The van der Waals surface area contributed by atoms with Gasteiger partial charge >= 0.3 is 0 Å². The fraction of sp³-hybridized carbons (Fsp3) is 0.583. The molecule has 4 heteroatoms. The number of amides is 1. The van der Waals surface area contributed by atoms with Gasteiger partial charge in [-0.15, -0.1) is 11.6 Å². The largest absolute Gasteiger partial charge is 0.348 e. The molecule has 0 bridgehead atoms. The Morgan fingerprint density at radius 1 is 1.50 bits per heavy atom. The Bertz CT molecular complexity index is 349. The van der Waals surface area contributed by atoms with Crippen molar-refractivity contribution in [3.05, 3.63) is 21.9 Å². The number of rotatable bonds is 5. The average Bonchev–Trinajstić information content (AvgIpc) is 2.62. The third-order valence-corrected chi connectivity index (χ3v) is 3.61. The van der Waals surface area contributed by atoms with E-state index < -0.39 is 0 Å². The highest BCUT2D eigenvalue weighted by molar-refractivity contribution is 7.08. The molecule has 1 aromatic rings. The Kier molecular flexibility index (Phi) is 5.29. The van der Waals surface area contributed by atoms with Crippen LogP contribution in [0, 0.1) is 12.8 Å². The monoisotopic (exact) mass is 259 g/mol. The van der Waals surface area contributed by atoms with Gasteiger partial charge in [0.15, 0.2) is 0 Å². The smallest absolute Gasteiger partial charge is 0.252 e. The van der Waals surface area contributed by atoms with Crippen molar-refractivity contribution in [3.8, 4) is 0 Å². The molecule has 0 fully saturated rings. The Hall–Kier alpha value is -0.540. The van der Waals surface area contributed by atoms with E-state index in [-0.39, 0.29) is 11.9 Å². The summed E-state index contributed by atoms with van der Waals surface area (Å²) in [5, 5.41) is 6.84. The molecule has 1 aromatic heterocycles. The number of carbonyl (C=O) groups is 1. The molecule has 1 rings (SSSR count). The molecule has 2 nitrogen and oxygen atoms in total. The summed E-state index contributed by atoms with van der Waals surface area (Å²) >= 11 is 7.39. The number of thiophene rings is 1. The number of aryl methyl sites for hydroxylation is 1. The predicted molar refractivity (Wildman–Crippen MR) is 70.5 cm³/mol. The number of nitrogens with one attached hydrogen (secondary N) is 1. The lowest BCUT2D eigenvalue weighted by molar-refractivity contribution is 0.0936. The standard InChI is InChI=1S/C12H18ClNOS/c1-8(2)4-10(5-13)14-12(15)11-7-16-6-9(11)3/h6-8,10H,4-5H2,1-3H3,(H,14,15). The maximum Gasteiger partial charge on any atom is 0.252 e. The van der Waals surface area contributed by atoms with Crippen LogP contribution in [0.4, 0.5) is 0 Å². The van der Waals surface area contributed by atoms with Gasteiger partial charge in [0.1, 0.15) is 0 Å². The molecular weight excluding hydrogens is 242 g/mol. The molecule has 0 saturated carbocycles. The molecule has 1 atom stereocenters. The summed E-state index contributed by atoms with van der Waals surface area (Å²) in [6.07, 6.45) is 0.915. The molecule has 1 heterocycles. The van der Waals surface area contributed by atoms with Crippen molar-refractivity contribution in [1.29, 1.82) is 0 Å². The Morgan fingerprint density at radius 2 is 2.19 bits per heavy atom. The van der Waals surface area contributed by atoms with Crippen LogP contribution in [0.1, 0.15) is 36.2 Å². The molecule has 0 aliphatic carbocycles. The van der Waals surface area contributed by atoms with Gasteiger partial charge in [-0.25, -0.2) is 0 Å². The predicted octanol–water partition coefficient (Wildman–Crippen LogP) is 3.44. The summed E-state index contributed by atoms with van der Waals surface area (Å²) in [4.78, 5) is 11.9. The summed E-state index contributed by atoms with van der Waals surface area (Å²) in [7, 11) is 0. The van der Waals surface area contributed by atoms with E-state index in [2.05, 4.69) is 19.2 Å². The van der Waals surface area contributed by atoms with Crippen molar-refractivity contribution in [1.82, 2.24) is 5.32 Å². The first-order valence-corrected chi connectivity index (χ1v) is 6.92. The van der Waals surface area contributed by atoms with Crippen molar-refractivity contribution in [2.75, 3.05) is 5.88 Å². The highest BCUT2D eigenvalue weighted by Gasteiger charge is 2.15. The van der Waals surface area contributed by atoms with Gasteiger partial charge in [-0.2, -0.15) is 11.3 Å². The summed E-state index contributed by atoms with van der Waals surface area (Å²) < 4.78 is 0. The van der Waals surface area contributed by atoms with Crippen LogP contribution < -0.4 is 5.32 Å². The van der Waals surface area contributed by atoms with E-state index in [1.54, 1.807) is 11.3 Å². The minimum atomic E-state index is -0.00921. The Balaban J connectivity index is 2.59. The van der Waals surface area contributed by atoms with Crippen LogP contribution in [0.2, 0.25) is 0 Å². The van der Waals surface area contributed by atoms with Crippen molar-refractivity contribution < 1.29 is 4.79 Å². The molecule has 0 aliphatic rings. The third-order valence-electron chi connectivity index (χ3n) is 2.38. The third kappa shape index (κ3) is 3.80. The average molecular weight is 260 g/mol. The second kappa shape index (κ2) is 6.26.